The fourth-order valence-electron chi connectivity index (χ4n) is 1.72. The number of aromatic nitrogens is 3. The number of rotatable bonds is 5. The second-order valence-corrected chi connectivity index (χ2v) is 4.95. The molecule has 0 fully saturated rings. The zero-order valence-electron chi connectivity index (χ0n) is 10.6. The maximum atomic E-state index is 8.87. The molecule has 0 atom stereocenters. The Labute approximate surface area is 120 Å². The normalized spacial score (nSPS) is 10.4. The van der Waals surface area contributed by atoms with Crippen LogP contribution < -0.4 is 5.32 Å². The van der Waals surface area contributed by atoms with Crippen molar-refractivity contribution < 1.29 is 0 Å². The third-order valence-corrected chi connectivity index (χ3v) is 3.29. The SMILES string of the molecule is CCCNCc1cnnn1-c1ccc(C#N)cc1Br. The molecule has 0 saturated heterocycles. The molecule has 6 heteroatoms. The third kappa shape index (κ3) is 3.19. The number of halogens is 1. The minimum Gasteiger partial charge on any atom is -0.311 e. The molecule has 1 N–H and O–H groups in total. The van der Waals surface area contributed by atoms with Gasteiger partial charge in [-0.05, 0) is 47.1 Å². The lowest BCUT2D eigenvalue weighted by molar-refractivity contribution is 0.640. The molecule has 98 valence electrons. The van der Waals surface area contributed by atoms with Crippen LogP contribution in [0.4, 0.5) is 0 Å². The van der Waals surface area contributed by atoms with Crippen molar-refractivity contribution in [3.05, 3.63) is 40.1 Å². The summed E-state index contributed by atoms with van der Waals surface area (Å²) in [5.74, 6) is 0. The molecule has 1 aromatic carbocycles. The van der Waals surface area contributed by atoms with E-state index in [9.17, 15) is 0 Å². The maximum Gasteiger partial charge on any atom is 0.0992 e. The van der Waals surface area contributed by atoms with Crippen molar-refractivity contribution in [2.24, 2.45) is 0 Å². The van der Waals surface area contributed by atoms with Gasteiger partial charge >= 0.3 is 0 Å². The molecule has 19 heavy (non-hydrogen) atoms. The van der Waals surface area contributed by atoms with Crippen LogP contribution in [0.1, 0.15) is 24.6 Å². The molecular formula is C13H14BrN5. The Balaban J connectivity index is 2.27. The van der Waals surface area contributed by atoms with E-state index >= 15 is 0 Å². The van der Waals surface area contributed by atoms with Crippen LogP contribution >= 0.6 is 15.9 Å². The summed E-state index contributed by atoms with van der Waals surface area (Å²) in [5, 5.41) is 20.2. The average Bonchev–Trinajstić information content (AvgIpc) is 2.87. The highest BCUT2D eigenvalue weighted by Crippen LogP contribution is 2.22. The molecule has 0 unspecified atom stereocenters. The maximum absolute atomic E-state index is 8.87. The van der Waals surface area contributed by atoms with Crippen molar-refractivity contribution in [1.29, 1.82) is 5.26 Å². The van der Waals surface area contributed by atoms with E-state index in [1.807, 2.05) is 6.07 Å². The Hall–Kier alpha value is -1.71. The predicted molar refractivity (Wildman–Crippen MR) is 75.8 cm³/mol. The molecule has 1 heterocycles. The molecule has 0 aliphatic carbocycles. The van der Waals surface area contributed by atoms with Crippen molar-refractivity contribution in [3.63, 3.8) is 0 Å². The summed E-state index contributed by atoms with van der Waals surface area (Å²) in [6, 6.07) is 7.52. The number of nitrogens with zero attached hydrogens (tertiary/aromatic N) is 4. The first-order valence-electron chi connectivity index (χ1n) is 6.06. The Bertz CT molecular complexity index is 599. The van der Waals surface area contributed by atoms with Crippen molar-refractivity contribution >= 4 is 15.9 Å². The van der Waals surface area contributed by atoms with Crippen LogP contribution in [0.2, 0.25) is 0 Å². The molecule has 0 aliphatic rings. The minimum atomic E-state index is 0.612. The molecule has 1 aromatic heterocycles. The van der Waals surface area contributed by atoms with Gasteiger partial charge in [-0.2, -0.15) is 5.26 Å². The van der Waals surface area contributed by atoms with E-state index in [1.54, 1.807) is 23.0 Å². The Morgan fingerprint density at radius 1 is 1.47 bits per heavy atom. The number of nitriles is 1. The number of nitrogens with one attached hydrogen (secondary N) is 1. The Kier molecular flexibility index (Phi) is 4.66. The molecule has 0 spiro atoms. The van der Waals surface area contributed by atoms with Crippen molar-refractivity contribution in [2.45, 2.75) is 19.9 Å². The van der Waals surface area contributed by atoms with Crippen LogP contribution in [-0.2, 0) is 6.54 Å². The molecular weight excluding hydrogens is 306 g/mol. The summed E-state index contributed by atoms with van der Waals surface area (Å²) in [6.45, 7) is 3.80. The molecule has 0 aliphatic heterocycles. The summed E-state index contributed by atoms with van der Waals surface area (Å²) in [6.07, 6.45) is 2.83. The van der Waals surface area contributed by atoms with Gasteiger partial charge in [-0.15, -0.1) is 5.10 Å². The van der Waals surface area contributed by atoms with Gasteiger partial charge in [0.05, 0.1) is 29.2 Å². The van der Waals surface area contributed by atoms with Crippen LogP contribution in [0.25, 0.3) is 5.69 Å². The van der Waals surface area contributed by atoms with Gasteiger partial charge in [-0.3, -0.25) is 0 Å². The zero-order valence-corrected chi connectivity index (χ0v) is 12.2. The molecule has 5 nitrogen and oxygen atoms in total. The van der Waals surface area contributed by atoms with Gasteiger partial charge < -0.3 is 5.32 Å². The van der Waals surface area contributed by atoms with Gasteiger partial charge in [0.2, 0.25) is 0 Å². The fraction of sp³-hybridized carbons (Fsp3) is 0.308. The second kappa shape index (κ2) is 6.45. The summed E-state index contributed by atoms with van der Waals surface area (Å²) < 4.78 is 2.60. The molecule has 2 rings (SSSR count). The fourth-order valence-corrected chi connectivity index (χ4v) is 2.27. The van der Waals surface area contributed by atoms with Gasteiger partial charge in [0.1, 0.15) is 0 Å². The summed E-state index contributed by atoms with van der Waals surface area (Å²) >= 11 is 3.47. The minimum absolute atomic E-state index is 0.612. The number of benzene rings is 1. The van der Waals surface area contributed by atoms with E-state index in [2.05, 4.69) is 44.6 Å². The first-order valence-corrected chi connectivity index (χ1v) is 6.86. The van der Waals surface area contributed by atoms with Crippen LogP contribution in [-0.4, -0.2) is 21.5 Å². The predicted octanol–water partition coefficient (Wildman–Crippen LogP) is 2.40. The topological polar surface area (TPSA) is 66.5 Å². The van der Waals surface area contributed by atoms with Crippen molar-refractivity contribution in [1.82, 2.24) is 20.3 Å². The van der Waals surface area contributed by atoms with Crippen LogP contribution in [0.5, 0.6) is 0 Å². The molecule has 2 aromatic rings. The number of hydrogen-bond acceptors (Lipinski definition) is 4. The van der Waals surface area contributed by atoms with E-state index < -0.39 is 0 Å². The third-order valence-electron chi connectivity index (χ3n) is 2.66. The summed E-state index contributed by atoms with van der Waals surface area (Å²) in [5.41, 5.74) is 2.48. The highest BCUT2D eigenvalue weighted by atomic mass is 79.9. The van der Waals surface area contributed by atoms with E-state index in [-0.39, 0.29) is 0 Å². The van der Waals surface area contributed by atoms with Gasteiger partial charge in [0, 0.05) is 11.0 Å². The lowest BCUT2D eigenvalue weighted by atomic mass is 10.2. The first kappa shape index (κ1) is 13.7. The summed E-state index contributed by atoms with van der Waals surface area (Å²) in [4.78, 5) is 0. The highest BCUT2D eigenvalue weighted by Gasteiger charge is 2.09. The molecule has 0 saturated carbocycles. The highest BCUT2D eigenvalue weighted by molar-refractivity contribution is 9.10. The monoisotopic (exact) mass is 319 g/mol. The average molecular weight is 320 g/mol. The molecule has 0 radical (unpaired) electrons. The Morgan fingerprint density at radius 2 is 2.32 bits per heavy atom. The second-order valence-electron chi connectivity index (χ2n) is 4.09. The van der Waals surface area contributed by atoms with E-state index in [0.717, 1.165) is 28.8 Å². The van der Waals surface area contributed by atoms with Gasteiger partial charge in [0.15, 0.2) is 0 Å². The van der Waals surface area contributed by atoms with Gasteiger partial charge in [-0.1, -0.05) is 12.1 Å². The lowest BCUT2D eigenvalue weighted by Gasteiger charge is -2.09. The standard InChI is InChI=1S/C13H14BrN5/c1-2-5-16-8-11-9-17-18-19(11)13-4-3-10(7-15)6-12(13)14/h3-4,6,9,16H,2,5,8H2,1H3. The zero-order chi connectivity index (χ0) is 13.7. The van der Waals surface area contributed by atoms with E-state index in [1.165, 1.54) is 0 Å². The quantitative estimate of drug-likeness (QED) is 0.859. The van der Waals surface area contributed by atoms with Crippen molar-refractivity contribution in [3.8, 4) is 11.8 Å². The van der Waals surface area contributed by atoms with Crippen LogP contribution in [0.15, 0.2) is 28.9 Å². The van der Waals surface area contributed by atoms with Crippen LogP contribution in [0, 0.1) is 11.3 Å². The molecule has 0 amide bonds. The lowest BCUT2D eigenvalue weighted by Crippen LogP contribution is -2.17. The van der Waals surface area contributed by atoms with Crippen LogP contribution in [0.3, 0.4) is 0 Å². The number of hydrogen-bond donors (Lipinski definition) is 1. The largest absolute Gasteiger partial charge is 0.311 e. The Morgan fingerprint density at radius 3 is 3.00 bits per heavy atom. The first-order chi connectivity index (χ1) is 9.26. The van der Waals surface area contributed by atoms with Crippen molar-refractivity contribution in [2.75, 3.05) is 6.54 Å². The smallest absolute Gasteiger partial charge is 0.0992 e. The van der Waals surface area contributed by atoms with E-state index in [0.29, 0.717) is 12.1 Å². The van der Waals surface area contributed by atoms with Gasteiger partial charge in [0.25, 0.3) is 0 Å². The van der Waals surface area contributed by atoms with E-state index in [4.69, 9.17) is 5.26 Å². The van der Waals surface area contributed by atoms with Gasteiger partial charge in [-0.25, -0.2) is 4.68 Å². The summed E-state index contributed by atoms with van der Waals surface area (Å²) in [7, 11) is 0. The molecule has 0 bridgehead atoms.